The molecule has 0 spiro atoms. The molecule has 332 valence electrons. The third-order valence-electron chi connectivity index (χ3n) is 12.9. The third kappa shape index (κ3) is 8.04. The molecule has 4 N–H and O–H groups in total. The summed E-state index contributed by atoms with van der Waals surface area (Å²) < 4.78 is 16.9. The number of ether oxygens (including phenoxy) is 3. The summed E-state index contributed by atoms with van der Waals surface area (Å²) in [6.07, 6.45) is 3.70. The zero-order chi connectivity index (χ0) is 44.6. The van der Waals surface area contributed by atoms with Crippen molar-refractivity contribution in [1.29, 1.82) is 0 Å². The van der Waals surface area contributed by atoms with Crippen LogP contribution in [0.3, 0.4) is 0 Å². The highest BCUT2D eigenvalue weighted by molar-refractivity contribution is 6.07. The van der Waals surface area contributed by atoms with Crippen LogP contribution < -0.4 is 15.4 Å². The van der Waals surface area contributed by atoms with Crippen molar-refractivity contribution in [2.24, 2.45) is 11.8 Å². The van der Waals surface area contributed by atoms with Gasteiger partial charge in [0.15, 0.2) is 0 Å². The van der Waals surface area contributed by atoms with Gasteiger partial charge in [-0.05, 0) is 77.1 Å². The van der Waals surface area contributed by atoms with Gasteiger partial charge in [-0.15, -0.1) is 0 Å². The van der Waals surface area contributed by atoms with E-state index in [4.69, 9.17) is 24.2 Å². The fourth-order valence-electron chi connectivity index (χ4n) is 9.63. The average molecular weight is 867 g/mol. The first-order valence-corrected chi connectivity index (χ1v) is 22.1. The van der Waals surface area contributed by atoms with Crippen LogP contribution in [-0.2, 0) is 30.5 Å². The molecule has 4 aromatic carbocycles. The van der Waals surface area contributed by atoms with Crippen molar-refractivity contribution in [1.82, 2.24) is 40.4 Å². The van der Waals surface area contributed by atoms with Gasteiger partial charge in [0.05, 0.1) is 48.7 Å². The number of likely N-dealkylation sites (tertiary alicyclic amines) is 2. The predicted octanol–water partition coefficient (Wildman–Crippen LogP) is 7.51. The van der Waals surface area contributed by atoms with Crippen LogP contribution in [0.5, 0.6) is 5.75 Å². The number of methoxy groups -OCH3 is 2. The zero-order valence-electron chi connectivity index (χ0n) is 36.8. The molecule has 0 bridgehead atoms. The van der Waals surface area contributed by atoms with Gasteiger partial charge in [-0.25, -0.2) is 14.8 Å². The summed E-state index contributed by atoms with van der Waals surface area (Å²) in [6, 6.07) is 21.7. The van der Waals surface area contributed by atoms with Crippen LogP contribution in [0.25, 0.3) is 44.2 Å². The quantitative estimate of drug-likeness (QED) is 0.0967. The molecule has 2 saturated heterocycles. The highest BCUT2D eigenvalue weighted by atomic mass is 16.5. The van der Waals surface area contributed by atoms with Gasteiger partial charge in [0.2, 0.25) is 11.8 Å². The normalized spacial score (nSPS) is 19.0. The van der Waals surface area contributed by atoms with Crippen molar-refractivity contribution < 1.29 is 33.4 Å². The Kier molecular flexibility index (Phi) is 11.8. The summed E-state index contributed by atoms with van der Waals surface area (Å²) in [5.74, 6) is 1.72. The Balaban J connectivity index is 0.968. The Labute approximate surface area is 371 Å². The molecule has 2 aromatic heterocycles. The maximum absolute atomic E-state index is 14.3. The molecule has 0 unspecified atom stereocenters. The molecular formula is C49H54N8O7. The molecule has 5 atom stereocenters. The molecule has 0 aliphatic carbocycles. The summed E-state index contributed by atoms with van der Waals surface area (Å²) >= 11 is 0. The second-order valence-electron chi connectivity index (χ2n) is 17.4. The molecule has 2 fully saturated rings. The summed E-state index contributed by atoms with van der Waals surface area (Å²) in [7, 11) is 2.93. The van der Waals surface area contributed by atoms with Crippen molar-refractivity contribution >= 4 is 45.6 Å². The van der Waals surface area contributed by atoms with Crippen molar-refractivity contribution in [3.63, 3.8) is 0 Å². The summed E-state index contributed by atoms with van der Waals surface area (Å²) in [6.45, 7) is 7.60. The third-order valence-corrected chi connectivity index (χ3v) is 12.9. The van der Waals surface area contributed by atoms with E-state index in [0.29, 0.717) is 50.5 Å². The standard InChI is InChI=1S/C49H54N8O7/c1-6-41(58)53-42(27(2)3)47(59)56-18-10-13-38(56)46-51-36-17-15-30-21-35-33-16-14-31(20-32(33)26-64-40(35)22-34(30)44(36)54-46)37-23-50-45(52-37)39-19-28(25-62-4)24-57(39)48(60)43(55-49(61)63-5)29-11-8-7-9-12-29/h7-9,11-12,14-17,20-23,27-28,38-39,42-43H,6,10,13,18-19,24-26H2,1-5H3,(H,50,52)(H,51,54)(H,53,58)(H,55,61)/t28-,38-,39-,42-,43+/m0/s1. The SMILES string of the molecule is CCC(=O)N[C@H](C(=O)N1CCC[C@H]1c1nc2ccc3cc4c(cc3c2[nH]1)OCc1cc(-c2cnc([C@@H]3C[C@H](COC)CN3C(=O)[C@H](NC(=O)OC)c3ccccc3)[nH]2)ccc1-4)C(C)C. The zero-order valence-corrected chi connectivity index (χ0v) is 36.8. The van der Waals surface area contributed by atoms with Crippen LogP contribution in [0.15, 0.2) is 79.0 Å². The Bertz CT molecular complexity index is 2730. The van der Waals surface area contributed by atoms with Crippen LogP contribution in [0.2, 0.25) is 0 Å². The van der Waals surface area contributed by atoms with Crippen LogP contribution in [-0.4, -0.2) is 93.5 Å². The predicted molar refractivity (Wildman–Crippen MR) is 241 cm³/mol. The number of carbonyl (C=O) groups excluding carboxylic acids is 4. The number of fused-ring (bicyclic) bond motifs is 6. The number of amides is 4. The van der Waals surface area contributed by atoms with Crippen LogP contribution in [0, 0.1) is 11.8 Å². The number of hydrogen-bond acceptors (Lipinski definition) is 9. The molecule has 0 saturated carbocycles. The molecule has 3 aliphatic rings. The number of nitrogens with zero attached hydrogens (tertiary/aromatic N) is 4. The van der Waals surface area contributed by atoms with Crippen molar-refractivity contribution in [3.05, 3.63) is 102 Å². The monoisotopic (exact) mass is 866 g/mol. The number of carbonyl (C=O) groups is 4. The topological polar surface area (TPSA) is 184 Å². The van der Waals surface area contributed by atoms with E-state index in [9.17, 15) is 19.2 Å². The highest BCUT2D eigenvalue weighted by Crippen LogP contribution is 2.44. The minimum atomic E-state index is -0.944. The van der Waals surface area contributed by atoms with E-state index in [-0.39, 0.29) is 41.6 Å². The van der Waals surface area contributed by atoms with Crippen molar-refractivity contribution in [2.75, 3.05) is 33.9 Å². The van der Waals surface area contributed by atoms with Gasteiger partial charge >= 0.3 is 6.09 Å². The molecule has 15 heteroatoms. The number of imidazole rings is 2. The van der Waals surface area contributed by atoms with Gasteiger partial charge in [-0.1, -0.05) is 69.3 Å². The number of benzene rings is 4. The Morgan fingerprint density at radius 1 is 0.906 bits per heavy atom. The second-order valence-corrected chi connectivity index (χ2v) is 17.4. The Morgan fingerprint density at radius 2 is 1.73 bits per heavy atom. The molecule has 6 aromatic rings. The lowest BCUT2D eigenvalue weighted by atomic mass is 9.92. The van der Waals surface area contributed by atoms with E-state index in [1.807, 2.05) is 55.1 Å². The lowest BCUT2D eigenvalue weighted by molar-refractivity contribution is -0.138. The van der Waals surface area contributed by atoms with Crippen LogP contribution >= 0.6 is 0 Å². The molecule has 3 aliphatic heterocycles. The average Bonchev–Trinajstić information content (AvgIpc) is 4.15. The van der Waals surface area contributed by atoms with Crippen molar-refractivity contribution in [2.45, 2.75) is 77.2 Å². The van der Waals surface area contributed by atoms with E-state index in [2.05, 4.69) is 57.0 Å². The van der Waals surface area contributed by atoms with Crippen LogP contribution in [0.1, 0.15) is 87.4 Å². The van der Waals surface area contributed by atoms with Crippen LogP contribution in [0.4, 0.5) is 4.79 Å². The maximum Gasteiger partial charge on any atom is 0.407 e. The summed E-state index contributed by atoms with van der Waals surface area (Å²) in [5.41, 5.74) is 7.19. The highest BCUT2D eigenvalue weighted by Gasteiger charge is 2.42. The number of hydrogen-bond donors (Lipinski definition) is 4. The van der Waals surface area contributed by atoms with E-state index in [1.165, 1.54) is 7.11 Å². The number of rotatable bonds is 12. The molecule has 5 heterocycles. The summed E-state index contributed by atoms with van der Waals surface area (Å²) in [4.78, 5) is 73.5. The van der Waals surface area contributed by atoms with Gasteiger partial charge in [0.1, 0.15) is 36.1 Å². The summed E-state index contributed by atoms with van der Waals surface area (Å²) in [5, 5.41) is 7.69. The first kappa shape index (κ1) is 42.6. The maximum atomic E-state index is 14.3. The molecule has 0 radical (unpaired) electrons. The van der Waals surface area contributed by atoms with E-state index in [0.717, 1.165) is 74.2 Å². The Morgan fingerprint density at radius 3 is 2.50 bits per heavy atom. The molecule has 64 heavy (non-hydrogen) atoms. The van der Waals surface area contributed by atoms with Gasteiger partial charge in [-0.3, -0.25) is 14.4 Å². The van der Waals surface area contributed by atoms with Crippen molar-refractivity contribution in [3.8, 4) is 28.1 Å². The minimum Gasteiger partial charge on any atom is -0.488 e. The van der Waals surface area contributed by atoms with E-state index < -0.39 is 18.2 Å². The fourth-order valence-corrected chi connectivity index (χ4v) is 9.63. The fraction of sp³-hybridized carbons (Fsp3) is 0.388. The number of aromatic nitrogens is 4. The minimum absolute atomic E-state index is 0.0503. The van der Waals surface area contributed by atoms with E-state index >= 15 is 0 Å². The number of aromatic amines is 2. The molecule has 9 rings (SSSR count). The first-order chi connectivity index (χ1) is 31.0. The number of H-pyrrole nitrogens is 2. The van der Waals surface area contributed by atoms with Gasteiger partial charge < -0.3 is 44.6 Å². The molecule has 4 amide bonds. The van der Waals surface area contributed by atoms with Gasteiger partial charge in [0, 0.05) is 43.5 Å². The molecule has 15 nitrogen and oxygen atoms in total. The smallest absolute Gasteiger partial charge is 0.407 e. The largest absolute Gasteiger partial charge is 0.488 e. The Hall–Kier alpha value is -6.74. The number of nitrogens with one attached hydrogen (secondary N) is 4. The van der Waals surface area contributed by atoms with Gasteiger partial charge in [-0.2, -0.15) is 0 Å². The lowest BCUT2D eigenvalue weighted by Gasteiger charge is -2.30. The first-order valence-electron chi connectivity index (χ1n) is 22.1. The van der Waals surface area contributed by atoms with Gasteiger partial charge in [0.25, 0.3) is 5.91 Å². The van der Waals surface area contributed by atoms with E-state index in [1.54, 1.807) is 25.1 Å². The second kappa shape index (κ2) is 17.8. The number of alkyl carbamates (subject to hydrolysis) is 1. The molecular weight excluding hydrogens is 813 g/mol. The lowest BCUT2D eigenvalue weighted by Crippen LogP contribution is -2.51.